The van der Waals surface area contributed by atoms with Gasteiger partial charge in [0.15, 0.2) is 0 Å². The van der Waals surface area contributed by atoms with Gasteiger partial charge in [-0.15, -0.1) is 5.76 Å². The summed E-state index contributed by atoms with van der Waals surface area (Å²) in [6.07, 6.45) is 7.49. The third-order valence-corrected chi connectivity index (χ3v) is 2.16. The van der Waals surface area contributed by atoms with Crippen LogP contribution in [0.1, 0.15) is 20.8 Å². The minimum Gasteiger partial charge on any atom is -0.875 e. The minimum absolute atomic E-state index is 0. The van der Waals surface area contributed by atoms with Gasteiger partial charge in [-0.25, -0.2) is 12.1 Å². The normalized spacial score (nSPS) is 12.8. The Kier molecular flexibility index (Phi) is 6.79. The van der Waals surface area contributed by atoms with Gasteiger partial charge in [0.1, 0.15) is 0 Å². The van der Waals surface area contributed by atoms with Crippen LogP contribution in [0.15, 0.2) is 66.0 Å². The molecule has 0 N–H and O–H groups in total. The van der Waals surface area contributed by atoms with Gasteiger partial charge in [-0.05, 0) is 11.0 Å². The van der Waals surface area contributed by atoms with Crippen LogP contribution in [-0.2, 0) is 17.1 Å². The van der Waals surface area contributed by atoms with Gasteiger partial charge in [-0.3, -0.25) is 0 Å². The minimum atomic E-state index is -0.256. The number of hydrogen-bond donors (Lipinski definition) is 0. The molecule has 1 aromatic carbocycles. The third-order valence-electron chi connectivity index (χ3n) is 2.16. The van der Waals surface area contributed by atoms with Crippen molar-refractivity contribution < 1.29 is 22.2 Å². The summed E-state index contributed by atoms with van der Waals surface area (Å²) >= 11 is 0. The molecular weight excluding hydrogens is 252 g/mol. The first-order valence-electron chi connectivity index (χ1n) is 5.45. The number of rotatable bonds is 0. The maximum atomic E-state index is 11.5. The standard InChI is InChI=1S/C10H14O.C5H5.Fe/c1-10(2,3)9(11)8-6-4-5-7-8;1-2-4-5-3-1;/h4-7,11H,1-3H3;1-5H;/q;-1;+2/p-1. The molecule has 0 unspecified atom stereocenters. The maximum Gasteiger partial charge on any atom is 2.00 e. The van der Waals surface area contributed by atoms with Gasteiger partial charge in [0.25, 0.3) is 0 Å². The second-order valence-corrected chi connectivity index (χ2v) is 4.71. The quantitative estimate of drug-likeness (QED) is 0.403. The summed E-state index contributed by atoms with van der Waals surface area (Å²) in [4.78, 5) is 0. The molecule has 1 aromatic rings. The Morgan fingerprint density at radius 2 is 1.53 bits per heavy atom. The molecule has 0 spiro atoms. The molecule has 0 amide bonds. The topological polar surface area (TPSA) is 23.1 Å². The molecule has 0 radical (unpaired) electrons. The predicted molar refractivity (Wildman–Crippen MR) is 66.8 cm³/mol. The summed E-state index contributed by atoms with van der Waals surface area (Å²) in [6.45, 7) is 5.80. The molecule has 0 fully saturated rings. The molecule has 1 nitrogen and oxygen atoms in total. The Bertz CT molecular complexity index is 358. The van der Waals surface area contributed by atoms with Crippen molar-refractivity contribution in [3.8, 4) is 0 Å². The van der Waals surface area contributed by atoms with Gasteiger partial charge in [0.05, 0.1) is 0 Å². The van der Waals surface area contributed by atoms with Crippen LogP contribution in [0.2, 0.25) is 0 Å². The second-order valence-electron chi connectivity index (χ2n) is 4.71. The smallest absolute Gasteiger partial charge is 0.875 e. The molecule has 17 heavy (non-hydrogen) atoms. The van der Waals surface area contributed by atoms with E-state index in [-0.39, 0.29) is 28.2 Å². The summed E-state index contributed by atoms with van der Waals surface area (Å²) in [6, 6.07) is 10.0. The van der Waals surface area contributed by atoms with Crippen LogP contribution < -0.4 is 5.11 Å². The average Bonchev–Trinajstić information content (AvgIpc) is 2.91. The van der Waals surface area contributed by atoms with Crippen molar-refractivity contribution in [3.63, 3.8) is 0 Å². The molecule has 2 rings (SSSR count). The fourth-order valence-electron chi connectivity index (χ4n) is 1.28. The molecule has 1 aliphatic carbocycles. The van der Waals surface area contributed by atoms with Crippen LogP contribution in [0.25, 0.3) is 0 Å². The summed E-state index contributed by atoms with van der Waals surface area (Å²) in [7, 11) is 0. The molecule has 92 valence electrons. The van der Waals surface area contributed by atoms with E-state index in [9.17, 15) is 5.11 Å². The van der Waals surface area contributed by atoms with Gasteiger partial charge in [0.2, 0.25) is 0 Å². The van der Waals surface area contributed by atoms with Gasteiger partial charge < -0.3 is 5.11 Å². The van der Waals surface area contributed by atoms with Crippen LogP contribution in [0.4, 0.5) is 0 Å². The van der Waals surface area contributed by atoms with E-state index < -0.39 is 0 Å². The van der Waals surface area contributed by atoms with E-state index in [0.717, 1.165) is 5.57 Å². The molecule has 0 saturated carbocycles. The molecule has 0 bridgehead atoms. The summed E-state index contributed by atoms with van der Waals surface area (Å²) in [5, 5.41) is 11.5. The zero-order valence-electron chi connectivity index (χ0n) is 10.5. The van der Waals surface area contributed by atoms with E-state index in [1.165, 1.54) is 0 Å². The fourth-order valence-corrected chi connectivity index (χ4v) is 1.28. The zero-order chi connectivity index (χ0) is 12.0. The summed E-state index contributed by atoms with van der Waals surface area (Å²) < 4.78 is 0. The zero-order valence-corrected chi connectivity index (χ0v) is 11.6. The predicted octanol–water partition coefficient (Wildman–Crippen LogP) is 3.18. The molecule has 1 aliphatic rings. The van der Waals surface area contributed by atoms with Gasteiger partial charge in [-0.2, -0.15) is 18.2 Å². The molecule has 0 heterocycles. The molecule has 0 aliphatic heterocycles. The molecule has 0 atom stereocenters. The first-order valence-corrected chi connectivity index (χ1v) is 5.45. The monoisotopic (exact) mass is 270 g/mol. The molecule has 0 aromatic heterocycles. The Morgan fingerprint density at radius 3 is 1.82 bits per heavy atom. The van der Waals surface area contributed by atoms with E-state index >= 15 is 0 Å². The van der Waals surface area contributed by atoms with Crippen molar-refractivity contribution in [3.05, 3.63) is 66.0 Å². The fraction of sp³-hybridized carbons (Fsp3) is 0.267. The van der Waals surface area contributed by atoms with E-state index in [1.54, 1.807) is 0 Å². The van der Waals surface area contributed by atoms with E-state index in [2.05, 4.69) is 0 Å². The van der Waals surface area contributed by atoms with Gasteiger partial charge in [0, 0.05) is 0 Å². The maximum absolute atomic E-state index is 11.5. The van der Waals surface area contributed by atoms with Crippen LogP contribution in [-0.4, -0.2) is 0 Å². The van der Waals surface area contributed by atoms with Crippen molar-refractivity contribution in [2.75, 3.05) is 0 Å². The second kappa shape index (κ2) is 7.26. The van der Waals surface area contributed by atoms with Crippen molar-refractivity contribution in [2.24, 2.45) is 5.41 Å². The molecular formula is C15H18FeO. The number of hydrogen-bond acceptors (Lipinski definition) is 1. The van der Waals surface area contributed by atoms with E-state index in [0.29, 0.717) is 0 Å². The summed E-state index contributed by atoms with van der Waals surface area (Å²) in [5.41, 5.74) is 0.562. The van der Waals surface area contributed by atoms with Crippen LogP contribution in [0.5, 0.6) is 0 Å². The summed E-state index contributed by atoms with van der Waals surface area (Å²) in [5.74, 6) is 0.211. The van der Waals surface area contributed by atoms with E-state index in [4.69, 9.17) is 0 Å². The Labute approximate surface area is 114 Å². The van der Waals surface area contributed by atoms with Gasteiger partial charge in [-0.1, -0.05) is 45.1 Å². The largest absolute Gasteiger partial charge is 2.00 e. The van der Waals surface area contributed by atoms with Crippen molar-refractivity contribution >= 4 is 0 Å². The first-order chi connectivity index (χ1) is 7.52. The Morgan fingerprint density at radius 1 is 1.06 bits per heavy atom. The third kappa shape index (κ3) is 5.67. The van der Waals surface area contributed by atoms with Crippen molar-refractivity contribution in [1.82, 2.24) is 0 Å². The first kappa shape index (κ1) is 15.9. The molecule has 0 saturated heterocycles. The van der Waals surface area contributed by atoms with Crippen molar-refractivity contribution in [2.45, 2.75) is 20.8 Å². The SMILES string of the molecule is CC(C)(C)C([O-])=C1C=CC=C1.[Fe+2].c1cc[cH-]c1. The van der Waals surface area contributed by atoms with Crippen LogP contribution in [0.3, 0.4) is 0 Å². The average molecular weight is 270 g/mol. The Hall–Kier alpha value is -1.11. The van der Waals surface area contributed by atoms with Crippen LogP contribution >= 0.6 is 0 Å². The van der Waals surface area contributed by atoms with Crippen molar-refractivity contribution in [1.29, 1.82) is 0 Å². The Balaban J connectivity index is 0.000000360. The van der Waals surface area contributed by atoms with Gasteiger partial charge >= 0.3 is 17.1 Å². The molecule has 2 heteroatoms. The number of allylic oxidation sites excluding steroid dienone is 6. The van der Waals surface area contributed by atoms with E-state index in [1.807, 2.05) is 75.4 Å². The van der Waals surface area contributed by atoms with Crippen LogP contribution in [0, 0.1) is 5.41 Å².